The Morgan fingerprint density at radius 2 is 2.11 bits per heavy atom. The smallest absolute Gasteiger partial charge is 0.251 e. The Morgan fingerprint density at radius 3 is 2.68 bits per heavy atom. The first kappa shape index (κ1) is 15.9. The second kappa shape index (κ2) is 6.86. The first-order chi connectivity index (χ1) is 8.85. The topological polar surface area (TPSA) is 49.3 Å². The van der Waals surface area contributed by atoms with E-state index in [1.165, 1.54) is 6.07 Å². The van der Waals surface area contributed by atoms with Crippen LogP contribution in [0.2, 0.25) is 0 Å². The highest BCUT2D eigenvalue weighted by molar-refractivity contribution is 7.98. The molecule has 1 aromatic rings. The number of nitrogens with one attached hydrogen (secondary N) is 1. The highest BCUT2D eigenvalue weighted by Gasteiger charge is 2.21. The van der Waals surface area contributed by atoms with Crippen molar-refractivity contribution in [3.05, 3.63) is 35.4 Å². The third-order valence-electron chi connectivity index (χ3n) is 2.66. The van der Waals surface area contributed by atoms with Crippen molar-refractivity contribution in [1.29, 1.82) is 0 Å². The molecule has 0 heterocycles. The Labute approximate surface area is 115 Å². The van der Waals surface area contributed by atoms with Gasteiger partial charge in [0.2, 0.25) is 0 Å². The first-order valence-electron chi connectivity index (χ1n) is 5.80. The minimum absolute atomic E-state index is 0.0274. The van der Waals surface area contributed by atoms with Gasteiger partial charge in [0.15, 0.2) is 11.6 Å². The Bertz CT molecular complexity index is 452. The Morgan fingerprint density at radius 1 is 1.42 bits per heavy atom. The number of aliphatic hydroxyl groups is 1. The highest BCUT2D eigenvalue weighted by Crippen LogP contribution is 2.12. The van der Waals surface area contributed by atoms with E-state index in [0.717, 1.165) is 17.9 Å². The van der Waals surface area contributed by atoms with Crippen molar-refractivity contribution in [3.63, 3.8) is 0 Å². The molecule has 0 radical (unpaired) electrons. The first-order valence-corrected chi connectivity index (χ1v) is 7.20. The Hall–Kier alpha value is -1.14. The summed E-state index contributed by atoms with van der Waals surface area (Å²) in [5.41, 5.74) is -0.989. The van der Waals surface area contributed by atoms with Gasteiger partial charge in [-0.3, -0.25) is 4.79 Å². The van der Waals surface area contributed by atoms with Gasteiger partial charge in [-0.15, -0.1) is 0 Å². The number of carbonyl (C=O) groups is 1. The molecule has 1 unspecified atom stereocenters. The lowest BCUT2D eigenvalue weighted by Gasteiger charge is -2.23. The minimum atomic E-state index is -1.07. The fraction of sp³-hybridized carbons (Fsp3) is 0.462. The summed E-state index contributed by atoms with van der Waals surface area (Å²) in [6.07, 6.45) is 2.46. The van der Waals surface area contributed by atoms with Crippen molar-refractivity contribution < 1.29 is 18.7 Å². The van der Waals surface area contributed by atoms with Crippen LogP contribution >= 0.6 is 11.8 Å². The van der Waals surface area contributed by atoms with Crippen molar-refractivity contribution in [2.24, 2.45) is 0 Å². The molecule has 0 spiro atoms. The third-order valence-corrected chi connectivity index (χ3v) is 3.27. The molecule has 3 nitrogen and oxygen atoms in total. The van der Waals surface area contributed by atoms with E-state index < -0.39 is 23.1 Å². The summed E-state index contributed by atoms with van der Waals surface area (Å²) in [4.78, 5) is 11.7. The summed E-state index contributed by atoms with van der Waals surface area (Å²) in [7, 11) is 0. The predicted molar refractivity (Wildman–Crippen MR) is 72.3 cm³/mol. The van der Waals surface area contributed by atoms with Crippen LogP contribution in [0.4, 0.5) is 8.78 Å². The van der Waals surface area contributed by atoms with Crippen LogP contribution in [0.5, 0.6) is 0 Å². The zero-order valence-electron chi connectivity index (χ0n) is 10.9. The van der Waals surface area contributed by atoms with E-state index in [9.17, 15) is 18.7 Å². The van der Waals surface area contributed by atoms with Gasteiger partial charge in [-0.1, -0.05) is 0 Å². The van der Waals surface area contributed by atoms with E-state index in [0.29, 0.717) is 6.42 Å². The number of rotatable bonds is 6. The van der Waals surface area contributed by atoms with Crippen molar-refractivity contribution in [1.82, 2.24) is 5.32 Å². The molecule has 0 aliphatic rings. The predicted octanol–water partition coefficient (Wildman–Crippen LogP) is 2.20. The van der Waals surface area contributed by atoms with E-state index in [1.54, 1.807) is 18.7 Å². The van der Waals surface area contributed by atoms with E-state index in [4.69, 9.17) is 0 Å². The molecule has 1 amide bonds. The largest absolute Gasteiger partial charge is 0.388 e. The molecule has 0 aliphatic heterocycles. The molecule has 0 saturated heterocycles. The quantitative estimate of drug-likeness (QED) is 0.844. The monoisotopic (exact) mass is 289 g/mol. The molecule has 0 aliphatic carbocycles. The second-order valence-corrected chi connectivity index (χ2v) is 5.54. The molecule has 1 rings (SSSR count). The average molecular weight is 289 g/mol. The summed E-state index contributed by atoms with van der Waals surface area (Å²) in [6.45, 7) is 1.68. The van der Waals surface area contributed by atoms with E-state index >= 15 is 0 Å². The van der Waals surface area contributed by atoms with Gasteiger partial charge in [0.05, 0.1) is 5.60 Å². The fourth-order valence-corrected chi connectivity index (χ4v) is 2.06. The number of amides is 1. The van der Waals surface area contributed by atoms with Gasteiger partial charge in [0, 0.05) is 12.1 Å². The molecule has 1 aromatic carbocycles. The maximum atomic E-state index is 13.0. The van der Waals surface area contributed by atoms with Gasteiger partial charge in [-0.25, -0.2) is 8.78 Å². The van der Waals surface area contributed by atoms with Gasteiger partial charge in [0.25, 0.3) is 5.91 Å². The molecule has 106 valence electrons. The van der Waals surface area contributed by atoms with Gasteiger partial charge in [0.1, 0.15) is 0 Å². The molecule has 19 heavy (non-hydrogen) atoms. The lowest BCUT2D eigenvalue weighted by atomic mass is 10.0. The molecule has 2 N–H and O–H groups in total. The van der Waals surface area contributed by atoms with Crippen LogP contribution in [0.1, 0.15) is 23.7 Å². The van der Waals surface area contributed by atoms with E-state index in [2.05, 4.69) is 5.32 Å². The van der Waals surface area contributed by atoms with Crippen molar-refractivity contribution in [3.8, 4) is 0 Å². The number of carbonyl (C=O) groups excluding carboxylic acids is 1. The second-order valence-electron chi connectivity index (χ2n) is 4.55. The number of benzene rings is 1. The van der Waals surface area contributed by atoms with Crippen LogP contribution in [-0.4, -0.2) is 35.2 Å². The van der Waals surface area contributed by atoms with Gasteiger partial charge < -0.3 is 10.4 Å². The molecule has 0 fully saturated rings. The lowest BCUT2D eigenvalue weighted by Crippen LogP contribution is -2.41. The zero-order valence-corrected chi connectivity index (χ0v) is 11.7. The number of hydrogen-bond acceptors (Lipinski definition) is 3. The van der Waals surface area contributed by atoms with Crippen LogP contribution in [0.3, 0.4) is 0 Å². The van der Waals surface area contributed by atoms with Crippen molar-refractivity contribution in [2.45, 2.75) is 18.9 Å². The van der Waals surface area contributed by atoms with Gasteiger partial charge >= 0.3 is 0 Å². The SMILES string of the molecule is CSCCC(C)(O)CNC(=O)c1ccc(F)c(F)c1. The molecule has 0 bridgehead atoms. The molecule has 1 atom stereocenters. The average Bonchev–Trinajstić information content (AvgIpc) is 2.37. The molecule has 6 heteroatoms. The van der Waals surface area contributed by atoms with Gasteiger partial charge in [-0.05, 0) is 43.6 Å². The molecular formula is C13H17F2NO2S. The normalized spacial score (nSPS) is 13.9. The summed E-state index contributed by atoms with van der Waals surface area (Å²) in [5, 5.41) is 12.5. The van der Waals surface area contributed by atoms with Crippen LogP contribution in [-0.2, 0) is 0 Å². The molecular weight excluding hydrogens is 272 g/mol. The lowest BCUT2D eigenvalue weighted by molar-refractivity contribution is 0.0528. The van der Waals surface area contributed by atoms with E-state index in [1.807, 2.05) is 6.26 Å². The fourth-order valence-electron chi connectivity index (χ4n) is 1.42. The van der Waals surface area contributed by atoms with Crippen molar-refractivity contribution >= 4 is 17.7 Å². The summed E-state index contributed by atoms with van der Waals surface area (Å²) < 4.78 is 25.7. The number of halogens is 2. The van der Waals surface area contributed by atoms with Crippen LogP contribution in [0.25, 0.3) is 0 Å². The summed E-state index contributed by atoms with van der Waals surface area (Å²) in [6, 6.07) is 2.93. The minimum Gasteiger partial charge on any atom is -0.388 e. The number of hydrogen-bond donors (Lipinski definition) is 2. The Balaban J connectivity index is 2.57. The van der Waals surface area contributed by atoms with Crippen molar-refractivity contribution in [2.75, 3.05) is 18.6 Å². The van der Waals surface area contributed by atoms with Crippen LogP contribution < -0.4 is 5.32 Å². The standard InChI is InChI=1S/C13H17F2NO2S/c1-13(18,5-6-19-2)8-16-12(17)9-3-4-10(14)11(15)7-9/h3-4,7,18H,5-6,8H2,1-2H3,(H,16,17). The molecule has 0 aromatic heterocycles. The summed E-state index contributed by atoms with van der Waals surface area (Å²) in [5.74, 6) is -1.83. The zero-order chi connectivity index (χ0) is 14.5. The Kier molecular flexibility index (Phi) is 5.75. The maximum Gasteiger partial charge on any atom is 0.251 e. The molecule has 0 saturated carbocycles. The third kappa shape index (κ3) is 5.16. The summed E-state index contributed by atoms with van der Waals surface area (Å²) >= 11 is 1.60. The number of thioether (sulfide) groups is 1. The van der Waals surface area contributed by atoms with Crippen LogP contribution in [0.15, 0.2) is 18.2 Å². The van der Waals surface area contributed by atoms with E-state index in [-0.39, 0.29) is 12.1 Å². The maximum absolute atomic E-state index is 13.0. The highest BCUT2D eigenvalue weighted by atomic mass is 32.2. The van der Waals surface area contributed by atoms with Crippen LogP contribution in [0, 0.1) is 11.6 Å². The van der Waals surface area contributed by atoms with Gasteiger partial charge in [-0.2, -0.15) is 11.8 Å².